The zero-order valence-electron chi connectivity index (χ0n) is 17.2. The first-order chi connectivity index (χ1) is 14.9. The summed E-state index contributed by atoms with van der Waals surface area (Å²) >= 11 is 0. The fourth-order valence-corrected chi connectivity index (χ4v) is 4.71. The molecular weight excluding hydrogens is 422 g/mol. The molecule has 0 spiro atoms. The highest BCUT2D eigenvalue weighted by Crippen LogP contribution is 2.25. The summed E-state index contributed by atoms with van der Waals surface area (Å²) in [5.74, 6) is -0.903. The van der Waals surface area contributed by atoms with E-state index in [0.717, 1.165) is 0 Å². The topological polar surface area (TPSA) is 115 Å². The summed E-state index contributed by atoms with van der Waals surface area (Å²) in [6.07, 6.45) is 3.46. The summed E-state index contributed by atoms with van der Waals surface area (Å²) in [4.78, 5) is 28.5. The predicted molar refractivity (Wildman–Crippen MR) is 113 cm³/mol. The highest BCUT2D eigenvalue weighted by Gasteiger charge is 2.33. The lowest BCUT2D eigenvalue weighted by molar-refractivity contribution is -0.152. The van der Waals surface area contributed by atoms with Crippen molar-refractivity contribution in [1.29, 1.82) is 0 Å². The Labute approximate surface area is 181 Å². The van der Waals surface area contributed by atoms with Gasteiger partial charge in [0.2, 0.25) is 10.0 Å². The lowest BCUT2D eigenvalue weighted by atomic mass is 9.98. The summed E-state index contributed by atoms with van der Waals surface area (Å²) < 4.78 is 37.2. The third-order valence-electron chi connectivity index (χ3n) is 4.87. The number of aromatic nitrogens is 1. The summed E-state index contributed by atoms with van der Waals surface area (Å²) in [5.41, 5.74) is 0.499. The summed E-state index contributed by atoms with van der Waals surface area (Å²) in [6.45, 7) is 2.27. The average Bonchev–Trinajstić information content (AvgIpc) is 2.79. The normalized spacial score (nSPS) is 15.3. The van der Waals surface area contributed by atoms with Gasteiger partial charge in [0.05, 0.1) is 18.2 Å². The van der Waals surface area contributed by atoms with Crippen LogP contribution in [-0.2, 0) is 24.3 Å². The number of piperidine rings is 1. The molecule has 2 aromatic rings. The van der Waals surface area contributed by atoms with Crippen molar-refractivity contribution in [3.05, 3.63) is 48.8 Å². The Morgan fingerprint density at radius 2 is 1.90 bits per heavy atom. The first-order valence-electron chi connectivity index (χ1n) is 10.00. The van der Waals surface area contributed by atoms with Crippen LogP contribution in [-0.4, -0.2) is 55.9 Å². The molecule has 1 saturated heterocycles. The highest BCUT2D eigenvalue weighted by molar-refractivity contribution is 7.89. The lowest BCUT2D eigenvalue weighted by Gasteiger charge is -2.29. The Bertz CT molecular complexity index is 1000. The number of sulfonamides is 1. The molecule has 1 aliphatic heterocycles. The fourth-order valence-electron chi connectivity index (χ4n) is 3.27. The highest BCUT2D eigenvalue weighted by atomic mass is 32.2. The molecule has 1 amide bonds. The number of esters is 1. The van der Waals surface area contributed by atoms with Crippen LogP contribution in [0, 0.1) is 5.92 Å². The quantitative estimate of drug-likeness (QED) is 0.616. The molecule has 0 radical (unpaired) electrons. The second-order valence-corrected chi connectivity index (χ2v) is 8.89. The van der Waals surface area contributed by atoms with Gasteiger partial charge in [-0.25, -0.2) is 8.42 Å². The second kappa shape index (κ2) is 10.4. The van der Waals surface area contributed by atoms with Gasteiger partial charge in [0.15, 0.2) is 6.61 Å². The molecule has 0 bridgehead atoms. The average molecular weight is 448 g/mol. The number of hydrogen-bond donors (Lipinski definition) is 1. The number of nitrogens with zero attached hydrogens (tertiary/aromatic N) is 2. The molecule has 1 fully saturated rings. The number of benzene rings is 1. The Morgan fingerprint density at radius 3 is 2.58 bits per heavy atom. The molecule has 3 rings (SSSR count). The van der Waals surface area contributed by atoms with Crippen LogP contribution < -0.4 is 10.1 Å². The van der Waals surface area contributed by atoms with Gasteiger partial charge in [-0.2, -0.15) is 4.31 Å². The van der Waals surface area contributed by atoms with E-state index in [1.165, 1.54) is 22.8 Å². The SMILES string of the molecule is CCOc1ccccc1NC(=O)COC(=O)C1CCN(S(=O)(=O)c2cccnc2)CC1. The fraction of sp³-hybridized carbons (Fsp3) is 0.381. The second-order valence-electron chi connectivity index (χ2n) is 6.95. The van der Waals surface area contributed by atoms with Crippen molar-refractivity contribution in [2.75, 3.05) is 31.6 Å². The van der Waals surface area contributed by atoms with Crippen molar-refractivity contribution in [2.24, 2.45) is 5.92 Å². The van der Waals surface area contributed by atoms with E-state index in [1.807, 2.05) is 6.92 Å². The van der Waals surface area contributed by atoms with E-state index in [1.54, 1.807) is 30.3 Å². The van der Waals surface area contributed by atoms with E-state index in [4.69, 9.17) is 9.47 Å². The van der Waals surface area contributed by atoms with E-state index in [-0.39, 0.29) is 18.0 Å². The van der Waals surface area contributed by atoms with Gasteiger partial charge in [-0.05, 0) is 44.0 Å². The summed E-state index contributed by atoms with van der Waals surface area (Å²) in [5, 5.41) is 2.66. The Kier molecular flexibility index (Phi) is 7.59. The monoisotopic (exact) mass is 447 g/mol. The van der Waals surface area contributed by atoms with Gasteiger partial charge in [0.1, 0.15) is 10.6 Å². The number of ether oxygens (including phenoxy) is 2. The molecule has 0 unspecified atom stereocenters. The molecule has 1 aliphatic rings. The molecular formula is C21H25N3O6S. The van der Waals surface area contributed by atoms with Gasteiger partial charge in [-0.15, -0.1) is 0 Å². The third kappa shape index (κ3) is 5.80. The standard InChI is InChI=1S/C21H25N3O6S/c1-2-29-19-8-4-3-7-18(19)23-20(25)15-30-21(26)16-9-12-24(13-10-16)31(27,28)17-6-5-11-22-14-17/h3-8,11,14,16H,2,9-10,12-13,15H2,1H3,(H,23,25). The van der Waals surface area contributed by atoms with Crippen molar-refractivity contribution in [2.45, 2.75) is 24.7 Å². The van der Waals surface area contributed by atoms with Gasteiger partial charge in [0.25, 0.3) is 5.91 Å². The number of nitrogens with one attached hydrogen (secondary N) is 1. The van der Waals surface area contributed by atoms with Gasteiger partial charge >= 0.3 is 5.97 Å². The van der Waals surface area contributed by atoms with Crippen molar-refractivity contribution in [1.82, 2.24) is 9.29 Å². The first kappa shape index (κ1) is 22.7. The number of hydrogen-bond acceptors (Lipinski definition) is 7. The molecule has 0 atom stereocenters. The number of carbonyl (C=O) groups is 2. The molecule has 31 heavy (non-hydrogen) atoms. The molecule has 2 heterocycles. The number of carbonyl (C=O) groups excluding carboxylic acids is 2. The number of rotatable bonds is 8. The van der Waals surface area contributed by atoms with E-state index < -0.39 is 34.4 Å². The smallest absolute Gasteiger partial charge is 0.309 e. The molecule has 1 aromatic heterocycles. The van der Waals surface area contributed by atoms with Crippen LogP contribution in [0.4, 0.5) is 5.69 Å². The molecule has 0 aliphatic carbocycles. The third-order valence-corrected chi connectivity index (χ3v) is 6.75. The predicted octanol–water partition coefficient (Wildman–Crippen LogP) is 2.06. The van der Waals surface area contributed by atoms with E-state index in [2.05, 4.69) is 10.3 Å². The lowest BCUT2D eigenvalue weighted by Crippen LogP contribution is -2.41. The van der Waals surface area contributed by atoms with Gasteiger partial charge < -0.3 is 14.8 Å². The molecule has 1 N–H and O–H groups in total. The van der Waals surface area contributed by atoms with Crippen molar-refractivity contribution in [3.8, 4) is 5.75 Å². The maximum atomic E-state index is 12.6. The Balaban J connectivity index is 1.48. The van der Waals surface area contributed by atoms with Crippen LogP contribution in [0.3, 0.4) is 0 Å². The van der Waals surface area contributed by atoms with E-state index >= 15 is 0 Å². The molecule has 166 valence electrons. The van der Waals surface area contributed by atoms with Crippen molar-refractivity contribution < 1.29 is 27.5 Å². The van der Waals surface area contributed by atoms with Crippen molar-refractivity contribution in [3.63, 3.8) is 0 Å². The number of para-hydroxylation sites is 2. The van der Waals surface area contributed by atoms with Gasteiger partial charge in [0, 0.05) is 25.5 Å². The molecule has 10 heteroatoms. The van der Waals surface area contributed by atoms with Crippen LogP contribution >= 0.6 is 0 Å². The molecule has 9 nitrogen and oxygen atoms in total. The van der Waals surface area contributed by atoms with Crippen molar-refractivity contribution >= 4 is 27.6 Å². The van der Waals surface area contributed by atoms with Gasteiger partial charge in [-0.3, -0.25) is 14.6 Å². The van der Waals surface area contributed by atoms with Crippen LogP contribution in [0.5, 0.6) is 5.75 Å². The number of pyridine rings is 1. The number of anilines is 1. The zero-order chi connectivity index (χ0) is 22.3. The Morgan fingerprint density at radius 1 is 1.16 bits per heavy atom. The van der Waals surface area contributed by atoms with Crippen LogP contribution in [0.15, 0.2) is 53.7 Å². The maximum absolute atomic E-state index is 12.6. The minimum Gasteiger partial charge on any atom is -0.492 e. The Hall–Kier alpha value is -2.98. The van der Waals surface area contributed by atoms with Crippen LogP contribution in [0.2, 0.25) is 0 Å². The van der Waals surface area contributed by atoms with Gasteiger partial charge in [-0.1, -0.05) is 12.1 Å². The summed E-state index contributed by atoms with van der Waals surface area (Å²) in [6, 6.07) is 10.0. The zero-order valence-corrected chi connectivity index (χ0v) is 18.0. The van der Waals surface area contributed by atoms with E-state index in [0.29, 0.717) is 30.9 Å². The van der Waals surface area contributed by atoms with Crippen LogP contribution in [0.1, 0.15) is 19.8 Å². The minimum absolute atomic E-state index is 0.125. The maximum Gasteiger partial charge on any atom is 0.309 e. The first-order valence-corrected chi connectivity index (χ1v) is 11.4. The molecule has 1 aromatic carbocycles. The number of amides is 1. The largest absolute Gasteiger partial charge is 0.492 e. The van der Waals surface area contributed by atoms with E-state index in [9.17, 15) is 18.0 Å². The summed E-state index contributed by atoms with van der Waals surface area (Å²) in [7, 11) is -3.64. The molecule has 0 saturated carbocycles. The van der Waals surface area contributed by atoms with Crippen LogP contribution in [0.25, 0.3) is 0 Å². The minimum atomic E-state index is -3.64.